The minimum Gasteiger partial charge on any atom is -0.402 e. The van der Waals surface area contributed by atoms with Gasteiger partial charge in [0.2, 0.25) is 5.82 Å². The number of aliphatic hydroxyl groups is 1. The van der Waals surface area contributed by atoms with Crippen molar-refractivity contribution in [1.82, 2.24) is 25.2 Å². The van der Waals surface area contributed by atoms with Crippen LogP contribution >= 0.6 is 7.82 Å². The van der Waals surface area contributed by atoms with E-state index in [2.05, 4.69) is 20.4 Å². The van der Waals surface area contributed by atoms with Gasteiger partial charge in [0, 0.05) is 17.3 Å². The van der Waals surface area contributed by atoms with Crippen LogP contribution in [0.3, 0.4) is 0 Å². The van der Waals surface area contributed by atoms with E-state index >= 15 is 4.39 Å². The maximum atomic E-state index is 15.1. The summed E-state index contributed by atoms with van der Waals surface area (Å²) in [6.07, 6.45) is -0.777. The van der Waals surface area contributed by atoms with Crippen LogP contribution < -0.4 is 4.90 Å². The smallest absolute Gasteiger partial charge is 0.402 e. The second-order valence-corrected chi connectivity index (χ2v) is 9.71. The molecule has 1 aromatic carbocycles. The first-order valence-electron chi connectivity index (χ1n) is 10.4. The maximum absolute atomic E-state index is 15.1. The van der Waals surface area contributed by atoms with Gasteiger partial charge in [-0.15, -0.1) is 10.2 Å². The van der Waals surface area contributed by atoms with E-state index in [0.29, 0.717) is 22.0 Å². The molecule has 2 bridgehead atoms. The average molecular weight is 506 g/mol. The number of carbonyl (C=O) groups is 1. The zero-order chi connectivity index (χ0) is 24.2. The molecule has 2 atom stereocenters. The Morgan fingerprint density at radius 1 is 1.20 bits per heavy atom. The first kappa shape index (κ1) is 21.0. The summed E-state index contributed by atoms with van der Waals surface area (Å²) in [4.78, 5) is 18.9. The van der Waals surface area contributed by atoms with Gasteiger partial charge in [0.1, 0.15) is 11.5 Å². The van der Waals surface area contributed by atoms with Gasteiger partial charge in [-0.1, -0.05) is 6.07 Å². The van der Waals surface area contributed by atoms with Crippen LogP contribution in [0.1, 0.15) is 18.9 Å². The minimum atomic E-state index is -4.23. The van der Waals surface area contributed by atoms with Gasteiger partial charge in [-0.3, -0.25) is 4.98 Å². The molecule has 0 unspecified atom stereocenters. The lowest BCUT2D eigenvalue weighted by molar-refractivity contribution is -0.305. The summed E-state index contributed by atoms with van der Waals surface area (Å²) in [5.74, 6) is -5.76. The zero-order valence-electron chi connectivity index (χ0n) is 17.3. The highest BCUT2D eigenvalue weighted by Gasteiger charge is 2.92. The number of anilines is 1. The molecule has 16 heteroatoms. The molecular formula is C19H13F2N6O7P. The van der Waals surface area contributed by atoms with E-state index in [-0.39, 0.29) is 17.3 Å². The van der Waals surface area contributed by atoms with Crippen molar-refractivity contribution in [3.8, 4) is 22.6 Å². The summed E-state index contributed by atoms with van der Waals surface area (Å²) < 4.78 is 60.8. The molecule has 1 spiro atoms. The van der Waals surface area contributed by atoms with Gasteiger partial charge in [0.25, 0.3) is 6.36 Å². The van der Waals surface area contributed by atoms with Crippen molar-refractivity contribution in [3.05, 3.63) is 42.3 Å². The highest BCUT2D eigenvalue weighted by Crippen LogP contribution is 2.81. The van der Waals surface area contributed by atoms with Crippen LogP contribution in [0.4, 0.5) is 19.3 Å². The van der Waals surface area contributed by atoms with Crippen molar-refractivity contribution in [1.29, 1.82) is 0 Å². The van der Waals surface area contributed by atoms with Crippen LogP contribution in [0.2, 0.25) is 0 Å². The van der Waals surface area contributed by atoms with Gasteiger partial charge in [0.15, 0.2) is 0 Å². The van der Waals surface area contributed by atoms with Crippen molar-refractivity contribution in [2.45, 2.75) is 36.9 Å². The normalized spacial score (nSPS) is 31.7. The molecule has 13 nitrogen and oxygen atoms in total. The number of phosphoric ester groups is 1. The van der Waals surface area contributed by atoms with Gasteiger partial charge in [-0.25, -0.2) is 36.6 Å². The number of benzene rings is 1. The second kappa shape index (κ2) is 6.65. The van der Waals surface area contributed by atoms with Crippen LogP contribution in [0, 0.1) is 5.82 Å². The van der Waals surface area contributed by atoms with Crippen LogP contribution in [0.15, 0.2) is 36.5 Å². The van der Waals surface area contributed by atoms with Gasteiger partial charge in [0.05, 0.1) is 11.7 Å². The maximum Gasteiger partial charge on any atom is 0.487 e. The van der Waals surface area contributed by atoms with Crippen molar-refractivity contribution in [3.63, 3.8) is 0 Å². The van der Waals surface area contributed by atoms with Gasteiger partial charge in [-0.05, 0) is 42.3 Å². The number of nitrogens with zero attached hydrogens (tertiary/aromatic N) is 6. The summed E-state index contributed by atoms with van der Waals surface area (Å²) in [6.45, 7) is 0. The Morgan fingerprint density at radius 3 is 2.66 bits per heavy atom. The summed E-state index contributed by atoms with van der Waals surface area (Å²) in [6, 6.07) is 7.09. The molecule has 2 aromatic heterocycles. The fourth-order valence-corrected chi connectivity index (χ4v) is 5.87. The molecule has 5 fully saturated rings. The van der Waals surface area contributed by atoms with Crippen molar-refractivity contribution in [2.75, 3.05) is 4.90 Å². The number of aromatic nitrogens is 5. The Morgan fingerprint density at radius 2 is 2.00 bits per heavy atom. The summed E-state index contributed by atoms with van der Waals surface area (Å²) >= 11 is 0. The number of ether oxygens (including phenoxy) is 1. The molecule has 35 heavy (non-hydrogen) atoms. The summed E-state index contributed by atoms with van der Waals surface area (Å²) in [5, 5.41) is 21.8. The molecular weight excluding hydrogens is 493 g/mol. The quantitative estimate of drug-likeness (QED) is 0.509. The van der Waals surface area contributed by atoms with Gasteiger partial charge in [-0.2, -0.15) is 4.80 Å². The van der Waals surface area contributed by atoms with E-state index in [1.807, 2.05) is 0 Å². The van der Waals surface area contributed by atoms with E-state index in [9.17, 15) is 18.9 Å². The van der Waals surface area contributed by atoms with Gasteiger partial charge < -0.3 is 9.84 Å². The number of hydrogen-bond donors (Lipinski definition) is 1. The van der Waals surface area contributed by atoms with E-state index in [4.69, 9.17) is 18.3 Å². The lowest BCUT2D eigenvalue weighted by Crippen LogP contribution is -2.63. The van der Waals surface area contributed by atoms with Crippen LogP contribution in [0.5, 0.6) is 0 Å². The predicted molar refractivity (Wildman–Crippen MR) is 107 cm³/mol. The van der Waals surface area contributed by atoms with Crippen LogP contribution in [-0.2, 0) is 22.9 Å². The van der Waals surface area contributed by atoms with Gasteiger partial charge >= 0.3 is 25.6 Å². The Kier molecular flexibility index (Phi) is 3.98. The SMILES string of the molecule is O=C1O[C@@]2([C@H](O)F)OP3(=O)OC2(O3)N1c1ccc(-c2ccc(-c3nnn(C4CC4)n3)nc2)c(F)c1. The number of phosphoric acid groups is 1. The highest BCUT2D eigenvalue weighted by molar-refractivity contribution is 7.50. The molecule has 1 aliphatic carbocycles. The molecule has 1 N–H and O–H groups in total. The topological polar surface area (TPSA) is 151 Å². The molecule has 6 heterocycles. The van der Waals surface area contributed by atoms with E-state index in [1.165, 1.54) is 18.3 Å². The Bertz CT molecular complexity index is 1440. The summed E-state index contributed by atoms with van der Waals surface area (Å²) in [7, 11) is -4.23. The molecule has 1 saturated carbocycles. The highest BCUT2D eigenvalue weighted by atomic mass is 31.2. The second-order valence-electron chi connectivity index (χ2n) is 8.27. The van der Waals surface area contributed by atoms with E-state index in [0.717, 1.165) is 18.9 Å². The molecule has 1 amide bonds. The zero-order valence-corrected chi connectivity index (χ0v) is 18.2. The number of alkyl halides is 1. The van der Waals surface area contributed by atoms with Crippen molar-refractivity contribution < 1.29 is 41.6 Å². The number of hydrogen-bond acceptors (Lipinski definition) is 11. The standard InChI is InChI=1S/C19H13F2N6O7P/c20-13-7-11(26-17(29)31-18(16(21)28)19(26)33-35(30,32-18)34-19)4-5-12(13)9-1-6-14(22-8-9)15-23-25-27(24-15)10-2-3-10/h1,4-8,10,16,28H,2-3H2/t16-,18-,19?,35?/m0/s1. The van der Waals surface area contributed by atoms with Crippen molar-refractivity contribution in [2.24, 2.45) is 0 Å². The lowest BCUT2D eigenvalue weighted by Gasteiger charge is -2.38. The fourth-order valence-electron chi connectivity index (χ4n) is 4.18. The Hall–Kier alpha value is -3.36. The van der Waals surface area contributed by atoms with E-state index < -0.39 is 37.8 Å². The first-order chi connectivity index (χ1) is 16.7. The lowest BCUT2D eigenvalue weighted by atomic mass is 10.1. The number of rotatable bonds is 5. The molecule has 0 radical (unpaired) electrons. The van der Waals surface area contributed by atoms with Crippen LogP contribution in [-0.4, -0.2) is 54.4 Å². The third-order valence-corrected chi connectivity index (χ3v) is 7.44. The largest absolute Gasteiger partial charge is 0.487 e. The minimum absolute atomic E-state index is 0.132. The number of aliphatic hydroxyl groups excluding tert-OH is 1. The predicted octanol–water partition coefficient (Wildman–Crippen LogP) is 2.66. The molecule has 8 rings (SSSR count). The monoisotopic (exact) mass is 506 g/mol. The average Bonchev–Trinajstić information content (AvgIpc) is 3.29. The molecule has 3 aromatic rings. The van der Waals surface area contributed by atoms with E-state index in [1.54, 1.807) is 16.9 Å². The fraction of sp³-hybridized carbons (Fsp3) is 0.316. The first-order valence-corrected chi connectivity index (χ1v) is 11.8. The number of carbonyl (C=O) groups excluding carboxylic acids is 1. The third-order valence-electron chi connectivity index (χ3n) is 6.00. The third kappa shape index (κ3) is 2.75. The van der Waals surface area contributed by atoms with Crippen molar-refractivity contribution >= 4 is 19.6 Å². The molecule has 4 aliphatic heterocycles. The number of halogens is 2. The number of pyridine rings is 1. The molecule has 180 valence electrons. The Balaban J connectivity index is 1.19. The molecule has 5 aliphatic rings. The summed E-state index contributed by atoms with van der Waals surface area (Å²) in [5.41, 5.74) is 0.824. The number of amides is 1. The molecule has 4 saturated heterocycles. The Labute approximate surface area is 193 Å². The number of tetrazole rings is 1. The van der Waals surface area contributed by atoms with Crippen LogP contribution in [0.25, 0.3) is 22.6 Å².